The SMILES string of the molecule is Cc1ccc(N(C)C(=O)NCC(C)C(=O)O)c(C)c1. The van der Waals surface area contributed by atoms with E-state index >= 15 is 0 Å². The topological polar surface area (TPSA) is 69.6 Å². The molecule has 0 fully saturated rings. The number of aliphatic carboxylic acids is 1. The summed E-state index contributed by atoms with van der Waals surface area (Å²) in [6.45, 7) is 5.60. The van der Waals surface area contributed by atoms with Crippen molar-refractivity contribution >= 4 is 17.7 Å². The fraction of sp³-hybridized carbons (Fsp3) is 0.429. The van der Waals surface area contributed by atoms with Crippen molar-refractivity contribution < 1.29 is 14.7 Å². The van der Waals surface area contributed by atoms with Gasteiger partial charge in [-0.2, -0.15) is 0 Å². The lowest BCUT2D eigenvalue weighted by Gasteiger charge is -2.21. The second-order valence-electron chi connectivity index (χ2n) is 4.77. The number of carboxylic acids is 1. The molecule has 19 heavy (non-hydrogen) atoms. The average Bonchev–Trinajstić information content (AvgIpc) is 2.34. The van der Waals surface area contributed by atoms with Crippen LogP contribution in [-0.2, 0) is 4.79 Å². The zero-order valence-corrected chi connectivity index (χ0v) is 11.7. The van der Waals surface area contributed by atoms with Crippen LogP contribution in [0.25, 0.3) is 0 Å². The zero-order valence-electron chi connectivity index (χ0n) is 11.7. The summed E-state index contributed by atoms with van der Waals surface area (Å²) < 4.78 is 0. The summed E-state index contributed by atoms with van der Waals surface area (Å²) in [5.74, 6) is -1.52. The molecule has 0 radical (unpaired) electrons. The van der Waals surface area contributed by atoms with Crippen LogP contribution in [0.15, 0.2) is 18.2 Å². The smallest absolute Gasteiger partial charge is 0.321 e. The van der Waals surface area contributed by atoms with E-state index in [1.165, 1.54) is 4.90 Å². The van der Waals surface area contributed by atoms with E-state index in [1.807, 2.05) is 32.0 Å². The maximum absolute atomic E-state index is 11.9. The lowest BCUT2D eigenvalue weighted by molar-refractivity contribution is -0.140. The van der Waals surface area contributed by atoms with Crippen LogP contribution in [-0.4, -0.2) is 30.7 Å². The molecule has 0 heterocycles. The molecule has 0 aliphatic carbocycles. The van der Waals surface area contributed by atoms with Crippen LogP contribution >= 0.6 is 0 Å². The van der Waals surface area contributed by atoms with E-state index in [0.29, 0.717) is 0 Å². The first-order valence-corrected chi connectivity index (χ1v) is 6.14. The fourth-order valence-electron chi connectivity index (χ4n) is 1.74. The van der Waals surface area contributed by atoms with Crippen LogP contribution in [0, 0.1) is 19.8 Å². The fourth-order valence-corrected chi connectivity index (χ4v) is 1.74. The van der Waals surface area contributed by atoms with Crippen molar-refractivity contribution in [1.82, 2.24) is 5.32 Å². The minimum absolute atomic E-state index is 0.114. The van der Waals surface area contributed by atoms with Crippen LogP contribution in [0.1, 0.15) is 18.1 Å². The minimum Gasteiger partial charge on any atom is -0.481 e. The molecule has 0 saturated carbocycles. The van der Waals surface area contributed by atoms with E-state index < -0.39 is 11.9 Å². The molecule has 0 aliphatic heterocycles. The monoisotopic (exact) mass is 264 g/mol. The van der Waals surface area contributed by atoms with Gasteiger partial charge >= 0.3 is 12.0 Å². The van der Waals surface area contributed by atoms with Gasteiger partial charge in [-0.3, -0.25) is 9.69 Å². The number of hydrogen-bond donors (Lipinski definition) is 2. The van der Waals surface area contributed by atoms with Gasteiger partial charge in [0, 0.05) is 19.3 Å². The Labute approximate surface area is 113 Å². The molecule has 1 aromatic rings. The number of benzene rings is 1. The molecular formula is C14H20N2O3. The van der Waals surface area contributed by atoms with Crippen molar-refractivity contribution in [2.75, 3.05) is 18.5 Å². The summed E-state index contributed by atoms with van der Waals surface area (Å²) in [5, 5.41) is 11.4. The van der Waals surface area contributed by atoms with Crippen LogP contribution in [0.5, 0.6) is 0 Å². The van der Waals surface area contributed by atoms with Gasteiger partial charge in [0.25, 0.3) is 0 Å². The van der Waals surface area contributed by atoms with Gasteiger partial charge in [-0.1, -0.05) is 24.6 Å². The van der Waals surface area contributed by atoms with E-state index in [-0.39, 0.29) is 12.6 Å². The quantitative estimate of drug-likeness (QED) is 0.875. The van der Waals surface area contributed by atoms with Gasteiger partial charge in [-0.25, -0.2) is 4.79 Å². The highest BCUT2D eigenvalue weighted by Crippen LogP contribution is 2.19. The number of anilines is 1. The van der Waals surface area contributed by atoms with Crippen LogP contribution < -0.4 is 10.2 Å². The zero-order chi connectivity index (χ0) is 14.6. The maximum atomic E-state index is 11.9. The molecule has 104 valence electrons. The van der Waals surface area contributed by atoms with Crippen LogP contribution in [0.2, 0.25) is 0 Å². The Hall–Kier alpha value is -2.04. The number of amides is 2. The Morgan fingerprint density at radius 3 is 2.53 bits per heavy atom. The highest BCUT2D eigenvalue weighted by atomic mass is 16.4. The molecule has 1 unspecified atom stereocenters. The molecule has 1 aromatic carbocycles. The first-order chi connectivity index (χ1) is 8.82. The van der Waals surface area contributed by atoms with Gasteiger partial charge in [-0.05, 0) is 25.5 Å². The lowest BCUT2D eigenvalue weighted by Crippen LogP contribution is -2.40. The molecule has 2 N–H and O–H groups in total. The number of nitrogens with one attached hydrogen (secondary N) is 1. The van der Waals surface area contributed by atoms with E-state index in [1.54, 1.807) is 14.0 Å². The van der Waals surface area contributed by atoms with E-state index in [4.69, 9.17) is 5.11 Å². The van der Waals surface area contributed by atoms with Gasteiger partial charge in [0.2, 0.25) is 0 Å². The summed E-state index contributed by atoms with van der Waals surface area (Å²) in [5.41, 5.74) is 2.95. The van der Waals surface area contributed by atoms with Crippen molar-refractivity contribution in [3.8, 4) is 0 Å². The molecule has 0 bridgehead atoms. The third-order valence-electron chi connectivity index (χ3n) is 3.00. The van der Waals surface area contributed by atoms with Crippen molar-refractivity contribution in [2.24, 2.45) is 5.92 Å². The summed E-state index contributed by atoms with van der Waals surface area (Å²) in [6, 6.07) is 5.51. The Bertz CT molecular complexity index is 486. The van der Waals surface area contributed by atoms with Crippen LogP contribution in [0.4, 0.5) is 10.5 Å². The summed E-state index contributed by atoms with van der Waals surface area (Å²) in [7, 11) is 1.67. The second-order valence-corrected chi connectivity index (χ2v) is 4.77. The summed E-state index contributed by atoms with van der Waals surface area (Å²) in [4.78, 5) is 24.1. The average molecular weight is 264 g/mol. The number of carbonyl (C=O) groups excluding carboxylic acids is 1. The van der Waals surface area contributed by atoms with E-state index in [2.05, 4.69) is 5.32 Å². The number of carbonyl (C=O) groups is 2. The number of aryl methyl sites for hydroxylation is 2. The Balaban J connectivity index is 2.69. The van der Waals surface area contributed by atoms with E-state index in [0.717, 1.165) is 16.8 Å². The van der Waals surface area contributed by atoms with Gasteiger partial charge in [0.05, 0.1) is 5.92 Å². The molecule has 0 aliphatic rings. The van der Waals surface area contributed by atoms with E-state index in [9.17, 15) is 9.59 Å². The predicted molar refractivity (Wildman–Crippen MR) is 74.5 cm³/mol. The number of carboxylic acid groups (broad SMARTS) is 1. The molecule has 2 amide bonds. The van der Waals surface area contributed by atoms with Crippen LogP contribution in [0.3, 0.4) is 0 Å². The number of rotatable bonds is 4. The second kappa shape index (κ2) is 6.22. The molecule has 1 atom stereocenters. The molecule has 1 rings (SSSR count). The first kappa shape index (κ1) is 15.0. The Kier molecular flexibility index (Phi) is 4.92. The first-order valence-electron chi connectivity index (χ1n) is 6.14. The highest BCUT2D eigenvalue weighted by molar-refractivity contribution is 5.92. The van der Waals surface area contributed by atoms with Crippen molar-refractivity contribution in [1.29, 1.82) is 0 Å². The maximum Gasteiger partial charge on any atom is 0.321 e. The van der Waals surface area contributed by atoms with Crippen molar-refractivity contribution in [3.05, 3.63) is 29.3 Å². The molecule has 5 heteroatoms. The van der Waals surface area contributed by atoms with Gasteiger partial charge in [-0.15, -0.1) is 0 Å². The molecular weight excluding hydrogens is 244 g/mol. The third kappa shape index (κ3) is 3.98. The molecule has 0 aromatic heterocycles. The van der Waals surface area contributed by atoms with Gasteiger partial charge in [0.15, 0.2) is 0 Å². The predicted octanol–water partition coefficient (Wildman–Crippen LogP) is 2.17. The van der Waals surface area contributed by atoms with Gasteiger partial charge in [0.1, 0.15) is 0 Å². The molecule has 0 saturated heterocycles. The Morgan fingerprint density at radius 2 is 2.00 bits per heavy atom. The largest absolute Gasteiger partial charge is 0.481 e. The number of nitrogens with zero attached hydrogens (tertiary/aromatic N) is 1. The summed E-state index contributed by atoms with van der Waals surface area (Å²) >= 11 is 0. The normalized spacial score (nSPS) is 11.8. The Morgan fingerprint density at radius 1 is 1.37 bits per heavy atom. The standard InChI is InChI=1S/C14H20N2O3/c1-9-5-6-12(10(2)7-9)16(4)14(19)15-8-11(3)13(17)18/h5-7,11H,8H2,1-4H3,(H,15,19)(H,17,18). The molecule has 5 nitrogen and oxygen atoms in total. The minimum atomic E-state index is -0.922. The number of urea groups is 1. The summed E-state index contributed by atoms with van der Waals surface area (Å²) in [6.07, 6.45) is 0. The van der Waals surface area contributed by atoms with Crippen molar-refractivity contribution in [2.45, 2.75) is 20.8 Å². The molecule has 0 spiro atoms. The van der Waals surface area contributed by atoms with Crippen molar-refractivity contribution in [3.63, 3.8) is 0 Å². The number of hydrogen-bond acceptors (Lipinski definition) is 2. The van der Waals surface area contributed by atoms with Gasteiger partial charge < -0.3 is 10.4 Å². The lowest BCUT2D eigenvalue weighted by atomic mass is 10.1. The third-order valence-corrected chi connectivity index (χ3v) is 3.00. The highest BCUT2D eigenvalue weighted by Gasteiger charge is 2.16.